The number of nitrogens with zero attached hydrogens (tertiary/aromatic N) is 1. The summed E-state index contributed by atoms with van der Waals surface area (Å²) in [7, 11) is -1.21. The molecule has 148 valence electrons. The SMILES string of the molecule is CN=C(NCCCCOCCc1ccccc1)NC(C)CCS(C)(=O)=O. The molecule has 0 aliphatic heterocycles. The molecular formula is C19H33N3O3S. The molecule has 1 aromatic rings. The Morgan fingerprint density at radius 1 is 1.19 bits per heavy atom. The van der Waals surface area contributed by atoms with Crippen LogP contribution in [0.3, 0.4) is 0 Å². The van der Waals surface area contributed by atoms with Crippen molar-refractivity contribution in [1.29, 1.82) is 0 Å². The predicted molar refractivity (Wildman–Crippen MR) is 108 cm³/mol. The average molecular weight is 384 g/mol. The molecule has 1 atom stereocenters. The monoisotopic (exact) mass is 383 g/mol. The number of aliphatic imine (C=N–C) groups is 1. The average Bonchev–Trinajstić information content (AvgIpc) is 2.61. The molecule has 0 bridgehead atoms. The van der Waals surface area contributed by atoms with Crippen LogP contribution in [0.2, 0.25) is 0 Å². The van der Waals surface area contributed by atoms with E-state index in [-0.39, 0.29) is 11.8 Å². The molecule has 0 heterocycles. The van der Waals surface area contributed by atoms with Gasteiger partial charge in [0.25, 0.3) is 0 Å². The molecule has 0 aromatic heterocycles. The van der Waals surface area contributed by atoms with Gasteiger partial charge in [-0.1, -0.05) is 30.3 Å². The van der Waals surface area contributed by atoms with E-state index in [1.807, 2.05) is 25.1 Å². The van der Waals surface area contributed by atoms with Crippen molar-refractivity contribution in [2.75, 3.05) is 38.8 Å². The van der Waals surface area contributed by atoms with Crippen LogP contribution in [0.25, 0.3) is 0 Å². The number of nitrogens with one attached hydrogen (secondary N) is 2. The molecule has 26 heavy (non-hydrogen) atoms. The summed E-state index contributed by atoms with van der Waals surface area (Å²) in [4.78, 5) is 4.17. The van der Waals surface area contributed by atoms with E-state index in [0.29, 0.717) is 12.4 Å². The first-order chi connectivity index (χ1) is 12.4. The van der Waals surface area contributed by atoms with Crippen LogP contribution >= 0.6 is 0 Å². The van der Waals surface area contributed by atoms with Crippen molar-refractivity contribution in [2.24, 2.45) is 4.99 Å². The first kappa shape index (κ1) is 22.4. The first-order valence-corrected chi connectivity index (χ1v) is 11.2. The van der Waals surface area contributed by atoms with Gasteiger partial charge >= 0.3 is 0 Å². The molecule has 0 radical (unpaired) electrons. The minimum absolute atomic E-state index is 0.0530. The highest BCUT2D eigenvalue weighted by atomic mass is 32.2. The molecule has 6 nitrogen and oxygen atoms in total. The van der Waals surface area contributed by atoms with Gasteiger partial charge in [-0.3, -0.25) is 4.99 Å². The van der Waals surface area contributed by atoms with Crippen LogP contribution < -0.4 is 10.6 Å². The number of rotatable bonds is 12. The molecule has 0 fully saturated rings. The molecule has 0 saturated carbocycles. The fraction of sp³-hybridized carbons (Fsp3) is 0.632. The smallest absolute Gasteiger partial charge is 0.191 e. The largest absolute Gasteiger partial charge is 0.381 e. The van der Waals surface area contributed by atoms with Gasteiger partial charge < -0.3 is 15.4 Å². The Kier molecular flexibility index (Phi) is 11.0. The van der Waals surface area contributed by atoms with Gasteiger partial charge in [-0.2, -0.15) is 0 Å². The molecule has 0 aliphatic carbocycles. The van der Waals surface area contributed by atoms with E-state index in [0.717, 1.165) is 39.0 Å². The summed E-state index contributed by atoms with van der Waals surface area (Å²) in [5, 5.41) is 6.46. The van der Waals surface area contributed by atoms with Crippen LogP contribution in [0, 0.1) is 0 Å². The van der Waals surface area contributed by atoms with Gasteiger partial charge in [0.1, 0.15) is 9.84 Å². The van der Waals surface area contributed by atoms with Gasteiger partial charge in [0.15, 0.2) is 5.96 Å². The Morgan fingerprint density at radius 2 is 1.92 bits per heavy atom. The minimum atomic E-state index is -2.93. The molecule has 0 spiro atoms. The molecule has 1 unspecified atom stereocenters. The quantitative estimate of drug-likeness (QED) is 0.328. The fourth-order valence-electron chi connectivity index (χ4n) is 2.36. The van der Waals surface area contributed by atoms with Crippen LogP contribution in [0.15, 0.2) is 35.3 Å². The van der Waals surface area contributed by atoms with Gasteiger partial charge in [-0.05, 0) is 38.2 Å². The number of hydrogen-bond donors (Lipinski definition) is 2. The Hall–Kier alpha value is -1.60. The highest BCUT2D eigenvalue weighted by Gasteiger charge is 2.09. The molecule has 0 saturated heterocycles. The van der Waals surface area contributed by atoms with Crippen LogP contribution in [0.5, 0.6) is 0 Å². The molecule has 7 heteroatoms. The van der Waals surface area contributed by atoms with Crippen LogP contribution in [0.4, 0.5) is 0 Å². The number of benzene rings is 1. The number of hydrogen-bond acceptors (Lipinski definition) is 4. The zero-order chi connectivity index (χ0) is 19.3. The summed E-state index contributed by atoms with van der Waals surface area (Å²) in [5.41, 5.74) is 1.30. The summed E-state index contributed by atoms with van der Waals surface area (Å²) in [5.74, 6) is 0.884. The molecule has 0 amide bonds. The highest BCUT2D eigenvalue weighted by molar-refractivity contribution is 7.90. The first-order valence-electron chi connectivity index (χ1n) is 9.17. The fourth-order valence-corrected chi connectivity index (χ4v) is 3.15. The van der Waals surface area contributed by atoms with Crippen molar-refractivity contribution in [3.8, 4) is 0 Å². The number of ether oxygens (including phenoxy) is 1. The number of unbranched alkanes of at least 4 members (excludes halogenated alkanes) is 1. The van der Waals surface area contributed by atoms with Gasteiger partial charge in [-0.25, -0.2) is 8.42 Å². The summed E-state index contributed by atoms with van der Waals surface area (Å²) >= 11 is 0. The van der Waals surface area contributed by atoms with Crippen molar-refractivity contribution in [3.05, 3.63) is 35.9 Å². The molecule has 0 aliphatic rings. The van der Waals surface area contributed by atoms with E-state index in [2.05, 4.69) is 27.8 Å². The normalized spacial score (nSPS) is 13.4. The molecule has 1 aromatic carbocycles. The lowest BCUT2D eigenvalue weighted by atomic mass is 10.2. The topological polar surface area (TPSA) is 79.8 Å². The predicted octanol–water partition coefficient (Wildman–Crippen LogP) is 2.01. The number of sulfone groups is 1. The Morgan fingerprint density at radius 3 is 2.58 bits per heavy atom. The Labute approximate surface area is 158 Å². The summed E-state index contributed by atoms with van der Waals surface area (Å²) < 4.78 is 28.1. The van der Waals surface area contributed by atoms with Crippen molar-refractivity contribution in [1.82, 2.24) is 10.6 Å². The van der Waals surface area contributed by atoms with Crippen LogP contribution in [-0.2, 0) is 21.0 Å². The standard InChI is InChI=1S/C19H33N3O3S/c1-17(12-16-26(3,23)24)22-19(20-2)21-13-7-8-14-25-15-11-18-9-5-4-6-10-18/h4-6,9-10,17H,7-8,11-16H2,1-3H3,(H2,20,21,22). The van der Waals surface area contributed by atoms with Crippen molar-refractivity contribution in [2.45, 2.75) is 38.6 Å². The van der Waals surface area contributed by atoms with Gasteiger partial charge in [-0.15, -0.1) is 0 Å². The third kappa shape index (κ3) is 11.9. The molecular weight excluding hydrogens is 350 g/mol. The van der Waals surface area contributed by atoms with E-state index in [1.54, 1.807) is 7.05 Å². The van der Waals surface area contributed by atoms with E-state index < -0.39 is 9.84 Å². The molecule has 2 N–H and O–H groups in total. The third-order valence-electron chi connectivity index (χ3n) is 3.91. The maximum Gasteiger partial charge on any atom is 0.191 e. The zero-order valence-electron chi connectivity index (χ0n) is 16.2. The maximum absolute atomic E-state index is 11.2. The van der Waals surface area contributed by atoms with Crippen molar-refractivity contribution >= 4 is 15.8 Å². The Balaban J connectivity index is 2.04. The lowest BCUT2D eigenvalue weighted by molar-refractivity contribution is 0.133. The lowest BCUT2D eigenvalue weighted by Gasteiger charge is -2.17. The van der Waals surface area contributed by atoms with Crippen molar-refractivity contribution in [3.63, 3.8) is 0 Å². The second kappa shape index (κ2) is 12.7. The summed E-state index contributed by atoms with van der Waals surface area (Å²) in [6, 6.07) is 10.4. The van der Waals surface area contributed by atoms with E-state index in [4.69, 9.17) is 4.74 Å². The van der Waals surface area contributed by atoms with E-state index >= 15 is 0 Å². The second-order valence-corrected chi connectivity index (χ2v) is 8.78. The molecule has 1 rings (SSSR count). The number of guanidine groups is 1. The Bertz CT molecular complexity index is 618. The van der Waals surface area contributed by atoms with Crippen LogP contribution in [-0.4, -0.2) is 59.2 Å². The highest BCUT2D eigenvalue weighted by Crippen LogP contribution is 2.00. The van der Waals surface area contributed by atoms with Gasteiger partial charge in [0.2, 0.25) is 0 Å². The minimum Gasteiger partial charge on any atom is -0.381 e. The summed E-state index contributed by atoms with van der Waals surface area (Å²) in [6.07, 6.45) is 4.75. The van der Waals surface area contributed by atoms with Gasteiger partial charge in [0.05, 0.1) is 12.4 Å². The zero-order valence-corrected chi connectivity index (χ0v) is 17.0. The van der Waals surface area contributed by atoms with E-state index in [1.165, 1.54) is 11.8 Å². The summed E-state index contributed by atoms with van der Waals surface area (Å²) in [6.45, 7) is 4.27. The van der Waals surface area contributed by atoms with Crippen molar-refractivity contribution < 1.29 is 13.2 Å². The van der Waals surface area contributed by atoms with Crippen LogP contribution in [0.1, 0.15) is 31.7 Å². The van der Waals surface area contributed by atoms with E-state index in [9.17, 15) is 8.42 Å². The maximum atomic E-state index is 11.2. The third-order valence-corrected chi connectivity index (χ3v) is 4.89. The second-order valence-electron chi connectivity index (χ2n) is 6.52. The van der Waals surface area contributed by atoms with Gasteiger partial charge in [0, 0.05) is 32.5 Å². The lowest BCUT2D eigenvalue weighted by Crippen LogP contribution is -2.43.